The SMILES string of the molecule is C#Cc1cc(-c2ncnc(Nc3ccc(N4CCN(C5COC5)CC4)cc3)n2)ccc1O[C@@H]1CCN(C(=O)CO)C[C@H]1F. The molecule has 1 amide bonds. The number of hydrogen-bond donors (Lipinski definition) is 2. The van der Waals surface area contributed by atoms with Crippen molar-refractivity contribution in [1.29, 1.82) is 0 Å². The van der Waals surface area contributed by atoms with Gasteiger partial charge in [-0.2, -0.15) is 4.98 Å². The number of halogens is 1. The fraction of sp³-hybridized carbons (Fsp3) is 0.419. The summed E-state index contributed by atoms with van der Waals surface area (Å²) >= 11 is 0. The van der Waals surface area contributed by atoms with Crippen LogP contribution in [0.1, 0.15) is 12.0 Å². The van der Waals surface area contributed by atoms with Gasteiger partial charge in [-0.3, -0.25) is 9.69 Å². The van der Waals surface area contributed by atoms with Crippen molar-refractivity contribution in [2.45, 2.75) is 24.7 Å². The molecule has 6 rings (SSSR count). The molecule has 0 aliphatic carbocycles. The predicted octanol–water partition coefficient (Wildman–Crippen LogP) is 2.09. The maximum atomic E-state index is 14.8. The Balaban J connectivity index is 1.08. The zero-order chi connectivity index (χ0) is 29.8. The van der Waals surface area contributed by atoms with Crippen molar-refractivity contribution in [3.63, 3.8) is 0 Å². The summed E-state index contributed by atoms with van der Waals surface area (Å²) in [7, 11) is 0. The standard InChI is InChI=1S/C31H34FN7O4/c1-2-21-15-22(3-8-27(21)43-28-9-10-39(16-26(28)32)29(41)17-40)30-33-20-34-31(36-30)35-23-4-6-24(7-5-23)37-11-13-38(14-12-37)25-18-42-19-25/h1,3-8,15,20,25-26,28,40H,9-14,16-19H2,(H,33,34,35,36)/t26-,28-/m1/s1. The zero-order valence-corrected chi connectivity index (χ0v) is 23.7. The number of piperidine rings is 1. The lowest BCUT2D eigenvalue weighted by molar-refractivity contribution is -0.138. The topological polar surface area (TPSA) is 116 Å². The van der Waals surface area contributed by atoms with E-state index in [2.05, 4.69) is 48.1 Å². The van der Waals surface area contributed by atoms with Crippen LogP contribution in [0.25, 0.3) is 11.4 Å². The highest BCUT2D eigenvalue weighted by Crippen LogP contribution is 2.29. The van der Waals surface area contributed by atoms with E-state index >= 15 is 0 Å². The molecule has 224 valence electrons. The largest absolute Gasteiger partial charge is 0.486 e. The lowest BCUT2D eigenvalue weighted by atomic mass is 10.0. The van der Waals surface area contributed by atoms with Crippen LogP contribution in [0, 0.1) is 12.3 Å². The third-order valence-electron chi connectivity index (χ3n) is 8.15. The maximum absolute atomic E-state index is 14.8. The molecule has 43 heavy (non-hydrogen) atoms. The molecule has 12 heteroatoms. The normalized spacial score (nSPS) is 21.1. The van der Waals surface area contributed by atoms with Crippen molar-refractivity contribution >= 4 is 23.2 Å². The van der Waals surface area contributed by atoms with Crippen LogP contribution in [0.5, 0.6) is 5.75 Å². The van der Waals surface area contributed by atoms with Crippen LogP contribution in [0.3, 0.4) is 0 Å². The molecule has 0 radical (unpaired) electrons. The van der Waals surface area contributed by atoms with E-state index in [4.69, 9.17) is 21.0 Å². The van der Waals surface area contributed by atoms with Gasteiger partial charge in [-0.1, -0.05) is 5.92 Å². The number of amides is 1. The first kappa shape index (κ1) is 28.8. The number of piperazine rings is 1. The summed E-state index contributed by atoms with van der Waals surface area (Å²) in [5.74, 6) is 3.28. The van der Waals surface area contributed by atoms with Crippen molar-refractivity contribution in [2.24, 2.45) is 0 Å². The van der Waals surface area contributed by atoms with Crippen LogP contribution in [0.2, 0.25) is 0 Å². The minimum atomic E-state index is -1.40. The van der Waals surface area contributed by atoms with Gasteiger partial charge < -0.3 is 29.7 Å². The monoisotopic (exact) mass is 587 g/mol. The van der Waals surface area contributed by atoms with E-state index < -0.39 is 24.8 Å². The number of ether oxygens (including phenoxy) is 2. The zero-order valence-electron chi connectivity index (χ0n) is 23.7. The third kappa shape index (κ3) is 6.54. The number of aliphatic hydroxyl groups is 1. The van der Waals surface area contributed by atoms with E-state index in [1.165, 1.54) is 16.9 Å². The molecule has 3 aromatic rings. The molecule has 0 saturated carbocycles. The van der Waals surface area contributed by atoms with E-state index in [1.807, 2.05) is 12.1 Å². The minimum absolute atomic E-state index is 0.134. The Morgan fingerprint density at radius 3 is 2.58 bits per heavy atom. The predicted molar refractivity (Wildman–Crippen MR) is 159 cm³/mol. The Labute approximate surface area is 249 Å². The summed E-state index contributed by atoms with van der Waals surface area (Å²) in [6, 6.07) is 14.0. The van der Waals surface area contributed by atoms with Gasteiger partial charge in [0.15, 0.2) is 12.0 Å². The summed E-state index contributed by atoms with van der Waals surface area (Å²) in [6.45, 7) is 5.28. The first-order valence-electron chi connectivity index (χ1n) is 14.4. The van der Waals surface area contributed by atoms with Crippen LogP contribution >= 0.6 is 0 Å². The summed E-state index contributed by atoms with van der Waals surface area (Å²) in [4.78, 5) is 31.1. The Morgan fingerprint density at radius 2 is 1.91 bits per heavy atom. The second-order valence-electron chi connectivity index (χ2n) is 10.8. The van der Waals surface area contributed by atoms with Gasteiger partial charge in [0, 0.05) is 56.1 Å². The molecule has 3 aliphatic heterocycles. The van der Waals surface area contributed by atoms with Gasteiger partial charge in [-0.25, -0.2) is 14.4 Å². The smallest absolute Gasteiger partial charge is 0.248 e. The minimum Gasteiger partial charge on any atom is -0.486 e. The number of aromatic nitrogens is 3. The average Bonchev–Trinajstić information content (AvgIpc) is 3.02. The number of hydrogen-bond acceptors (Lipinski definition) is 10. The van der Waals surface area contributed by atoms with Gasteiger partial charge in [0.2, 0.25) is 11.9 Å². The summed E-state index contributed by atoms with van der Waals surface area (Å²) in [5.41, 5.74) is 3.13. The number of benzene rings is 2. The maximum Gasteiger partial charge on any atom is 0.248 e. The number of likely N-dealkylation sites (tertiary alicyclic amines) is 1. The van der Waals surface area contributed by atoms with Crippen LogP contribution in [-0.4, -0.2) is 113 Å². The van der Waals surface area contributed by atoms with Gasteiger partial charge in [0.1, 0.15) is 24.8 Å². The molecule has 3 aliphatic rings. The molecule has 0 bridgehead atoms. The average molecular weight is 588 g/mol. The second-order valence-corrected chi connectivity index (χ2v) is 10.8. The molecular weight excluding hydrogens is 553 g/mol. The van der Waals surface area contributed by atoms with Crippen molar-refractivity contribution in [1.82, 2.24) is 24.8 Å². The molecule has 4 heterocycles. The lowest BCUT2D eigenvalue weighted by Gasteiger charge is -2.43. The molecular formula is C31H34FN7O4. The lowest BCUT2D eigenvalue weighted by Crippen LogP contribution is -2.56. The summed E-state index contributed by atoms with van der Waals surface area (Å²) in [6.07, 6.45) is 5.32. The summed E-state index contributed by atoms with van der Waals surface area (Å²) in [5, 5.41) is 12.3. The molecule has 3 fully saturated rings. The fourth-order valence-electron chi connectivity index (χ4n) is 5.55. The molecule has 0 spiro atoms. The number of nitrogens with one attached hydrogen (secondary N) is 1. The number of nitrogens with zero attached hydrogens (tertiary/aromatic N) is 6. The van der Waals surface area contributed by atoms with Crippen LogP contribution in [0.15, 0.2) is 48.8 Å². The molecule has 3 saturated heterocycles. The highest BCUT2D eigenvalue weighted by atomic mass is 19.1. The Morgan fingerprint density at radius 1 is 1.12 bits per heavy atom. The van der Waals surface area contributed by atoms with Gasteiger partial charge >= 0.3 is 0 Å². The highest BCUT2D eigenvalue weighted by Gasteiger charge is 2.33. The second kappa shape index (κ2) is 12.9. The van der Waals surface area contributed by atoms with Gasteiger partial charge in [0.05, 0.1) is 31.4 Å². The van der Waals surface area contributed by atoms with Crippen molar-refractivity contribution < 1.29 is 23.8 Å². The van der Waals surface area contributed by atoms with E-state index in [0.717, 1.165) is 45.1 Å². The van der Waals surface area contributed by atoms with Crippen molar-refractivity contribution in [2.75, 3.05) is 69.3 Å². The van der Waals surface area contributed by atoms with Gasteiger partial charge in [-0.15, -0.1) is 6.42 Å². The molecule has 0 unspecified atom stereocenters. The van der Waals surface area contributed by atoms with Crippen LogP contribution in [0.4, 0.5) is 21.7 Å². The van der Waals surface area contributed by atoms with Gasteiger partial charge in [0.25, 0.3) is 0 Å². The fourth-order valence-corrected chi connectivity index (χ4v) is 5.55. The molecule has 1 aromatic heterocycles. The number of rotatable bonds is 8. The van der Waals surface area contributed by atoms with E-state index in [9.17, 15) is 9.18 Å². The molecule has 11 nitrogen and oxygen atoms in total. The van der Waals surface area contributed by atoms with Crippen molar-refractivity contribution in [3.05, 3.63) is 54.4 Å². The first-order valence-corrected chi connectivity index (χ1v) is 14.4. The molecule has 2 N–H and O–H groups in total. The number of carbonyl (C=O) groups excluding carboxylic acids is 1. The molecule has 2 aromatic carbocycles. The van der Waals surface area contributed by atoms with E-state index in [0.29, 0.717) is 41.2 Å². The van der Waals surface area contributed by atoms with Crippen LogP contribution in [-0.2, 0) is 9.53 Å². The number of terminal acetylenes is 1. The Kier molecular flexibility index (Phi) is 8.64. The number of carbonyl (C=O) groups is 1. The van der Waals surface area contributed by atoms with Crippen molar-refractivity contribution in [3.8, 4) is 29.5 Å². The third-order valence-corrected chi connectivity index (χ3v) is 8.15. The first-order chi connectivity index (χ1) is 21.0. The number of alkyl halides is 1. The molecule has 2 atom stereocenters. The number of aliphatic hydroxyl groups excluding tert-OH is 1. The van der Waals surface area contributed by atoms with Gasteiger partial charge in [-0.05, 0) is 42.5 Å². The van der Waals surface area contributed by atoms with E-state index in [1.54, 1.807) is 18.2 Å². The van der Waals surface area contributed by atoms with E-state index in [-0.39, 0.29) is 13.0 Å². The Bertz CT molecular complexity index is 1470. The highest BCUT2D eigenvalue weighted by molar-refractivity contribution is 5.77. The van der Waals surface area contributed by atoms with Crippen LogP contribution < -0.4 is 15.0 Å². The Hall–Kier alpha value is -4.31. The number of anilines is 3. The summed E-state index contributed by atoms with van der Waals surface area (Å²) < 4.78 is 26.0. The quantitative estimate of drug-likeness (QED) is 0.380.